The van der Waals surface area contributed by atoms with E-state index in [1.807, 2.05) is 31.0 Å². The van der Waals surface area contributed by atoms with E-state index in [1.165, 1.54) is 17.8 Å². The van der Waals surface area contributed by atoms with Crippen molar-refractivity contribution in [1.29, 1.82) is 0 Å². The first-order valence-electron chi connectivity index (χ1n) is 10.0. The molecule has 0 spiro atoms. The fourth-order valence-electron chi connectivity index (χ4n) is 3.33. The van der Waals surface area contributed by atoms with Gasteiger partial charge in [-0.05, 0) is 19.4 Å². The molecule has 29 heavy (non-hydrogen) atoms. The molecular weight excluding hydrogens is 409 g/mol. The van der Waals surface area contributed by atoms with Crippen LogP contribution >= 0.6 is 24.0 Å². The summed E-state index contributed by atoms with van der Waals surface area (Å²) in [4.78, 5) is 19.5. The van der Waals surface area contributed by atoms with E-state index in [-0.39, 0.29) is 17.8 Å². The predicted octanol–water partition coefficient (Wildman–Crippen LogP) is 3.46. The molecule has 0 N–H and O–H groups in total. The number of hydrogen-bond acceptors (Lipinski definition) is 6. The van der Waals surface area contributed by atoms with E-state index >= 15 is 0 Å². The molecule has 2 heterocycles. The number of thioether (sulfide) groups is 1. The van der Waals surface area contributed by atoms with E-state index in [2.05, 4.69) is 4.90 Å². The Balaban J connectivity index is 1.76. The number of ether oxygens (including phenoxy) is 1. The highest BCUT2D eigenvalue weighted by atomic mass is 32.2. The van der Waals surface area contributed by atoms with Gasteiger partial charge in [-0.3, -0.25) is 14.6 Å². The Kier molecular flexibility index (Phi) is 8.06. The maximum Gasteiger partial charge on any atom is 0.267 e. The zero-order valence-electron chi connectivity index (χ0n) is 17.0. The van der Waals surface area contributed by atoms with Gasteiger partial charge in [0, 0.05) is 50.5 Å². The highest BCUT2D eigenvalue weighted by Gasteiger charge is 2.35. The summed E-state index contributed by atoms with van der Waals surface area (Å²) in [5.74, 6) is -0.288. The Bertz CT molecular complexity index is 768. The van der Waals surface area contributed by atoms with Crippen LogP contribution < -0.4 is 0 Å². The van der Waals surface area contributed by atoms with Crippen LogP contribution in [0.3, 0.4) is 0 Å². The highest BCUT2D eigenvalue weighted by molar-refractivity contribution is 8.26. The molecule has 1 aromatic rings. The molecule has 2 aliphatic rings. The molecule has 2 fully saturated rings. The SMILES string of the molecule is CC[C@@H](C)N1C(=O)/C(=C/N(CCN2CCOCC2)Cc2ccccc2F)SC1=S. The molecule has 0 unspecified atom stereocenters. The Morgan fingerprint density at radius 2 is 2.07 bits per heavy atom. The average molecular weight is 438 g/mol. The predicted molar refractivity (Wildman–Crippen MR) is 119 cm³/mol. The molecule has 3 rings (SSSR count). The van der Waals surface area contributed by atoms with E-state index in [1.54, 1.807) is 17.0 Å². The first-order chi connectivity index (χ1) is 14.0. The number of nitrogens with zero attached hydrogens (tertiary/aromatic N) is 3. The quantitative estimate of drug-likeness (QED) is 0.458. The van der Waals surface area contributed by atoms with Crippen LogP contribution in [0, 0.1) is 5.82 Å². The van der Waals surface area contributed by atoms with Crippen LogP contribution in [0.25, 0.3) is 0 Å². The van der Waals surface area contributed by atoms with Gasteiger partial charge in [-0.1, -0.05) is 49.1 Å². The molecule has 0 bridgehead atoms. The van der Waals surface area contributed by atoms with Gasteiger partial charge >= 0.3 is 0 Å². The molecule has 1 amide bonds. The number of amides is 1. The highest BCUT2D eigenvalue weighted by Crippen LogP contribution is 2.33. The van der Waals surface area contributed by atoms with Gasteiger partial charge in [0.25, 0.3) is 5.91 Å². The number of carbonyl (C=O) groups is 1. The van der Waals surface area contributed by atoms with Gasteiger partial charge in [-0.15, -0.1) is 0 Å². The molecule has 5 nitrogen and oxygen atoms in total. The van der Waals surface area contributed by atoms with Crippen LogP contribution in [0.15, 0.2) is 35.4 Å². The molecule has 158 valence electrons. The van der Waals surface area contributed by atoms with Crippen molar-refractivity contribution in [2.45, 2.75) is 32.9 Å². The van der Waals surface area contributed by atoms with Gasteiger partial charge in [-0.25, -0.2) is 4.39 Å². The molecule has 2 aliphatic heterocycles. The Labute approximate surface area is 181 Å². The standard InChI is InChI=1S/C21H28FN3O2S2/c1-3-16(2)25-20(26)19(29-21(25)28)15-24(9-8-23-10-12-27-13-11-23)14-17-6-4-5-7-18(17)22/h4-7,15-16H,3,8-14H2,1-2H3/b19-15-/t16-/m1/s1. The number of halogens is 1. The summed E-state index contributed by atoms with van der Waals surface area (Å²) >= 11 is 6.76. The maximum absolute atomic E-state index is 14.2. The third-order valence-electron chi connectivity index (χ3n) is 5.29. The van der Waals surface area contributed by atoms with Crippen molar-refractivity contribution < 1.29 is 13.9 Å². The van der Waals surface area contributed by atoms with Crippen molar-refractivity contribution in [3.8, 4) is 0 Å². The van der Waals surface area contributed by atoms with E-state index in [0.29, 0.717) is 27.9 Å². The molecule has 0 aromatic heterocycles. The monoisotopic (exact) mass is 437 g/mol. The van der Waals surface area contributed by atoms with Crippen LogP contribution in [0.5, 0.6) is 0 Å². The van der Waals surface area contributed by atoms with Gasteiger partial charge in [-0.2, -0.15) is 0 Å². The minimum absolute atomic E-state index is 0.0562. The largest absolute Gasteiger partial charge is 0.379 e. The number of hydrogen-bond donors (Lipinski definition) is 0. The average Bonchev–Trinajstić information content (AvgIpc) is 3.01. The molecule has 0 saturated carbocycles. The number of thiocarbonyl (C=S) groups is 1. The second-order valence-corrected chi connectivity index (χ2v) is 8.99. The Morgan fingerprint density at radius 3 is 2.76 bits per heavy atom. The zero-order chi connectivity index (χ0) is 20.8. The lowest BCUT2D eigenvalue weighted by molar-refractivity contribution is -0.123. The summed E-state index contributed by atoms with van der Waals surface area (Å²) in [7, 11) is 0. The van der Waals surface area contributed by atoms with Gasteiger partial charge in [0.05, 0.1) is 18.1 Å². The number of rotatable bonds is 8. The van der Waals surface area contributed by atoms with E-state index < -0.39 is 0 Å². The summed E-state index contributed by atoms with van der Waals surface area (Å²) in [6, 6.07) is 6.85. The van der Waals surface area contributed by atoms with Crippen molar-refractivity contribution in [1.82, 2.24) is 14.7 Å². The minimum Gasteiger partial charge on any atom is -0.379 e. The number of benzene rings is 1. The lowest BCUT2D eigenvalue weighted by Gasteiger charge is -2.30. The van der Waals surface area contributed by atoms with Crippen molar-refractivity contribution >= 4 is 34.2 Å². The van der Waals surface area contributed by atoms with Crippen molar-refractivity contribution in [3.05, 3.63) is 46.8 Å². The summed E-state index contributed by atoms with van der Waals surface area (Å²) in [6.45, 7) is 9.24. The van der Waals surface area contributed by atoms with Crippen molar-refractivity contribution in [2.24, 2.45) is 0 Å². The lowest BCUT2D eigenvalue weighted by atomic mass is 10.2. The topological polar surface area (TPSA) is 36.0 Å². The second kappa shape index (κ2) is 10.5. The van der Waals surface area contributed by atoms with Gasteiger partial charge in [0.2, 0.25) is 0 Å². The third kappa shape index (κ3) is 5.78. The van der Waals surface area contributed by atoms with Crippen LogP contribution in [-0.2, 0) is 16.1 Å². The number of carbonyl (C=O) groups excluding carboxylic acids is 1. The molecule has 1 atom stereocenters. The van der Waals surface area contributed by atoms with Gasteiger partial charge in [0.15, 0.2) is 0 Å². The first kappa shape index (κ1) is 22.2. The lowest BCUT2D eigenvalue weighted by Crippen LogP contribution is -2.40. The first-order valence-corrected chi connectivity index (χ1v) is 11.3. The molecule has 0 aliphatic carbocycles. The maximum atomic E-state index is 14.2. The Hall–Kier alpha value is -1.48. The Morgan fingerprint density at radius 1 is 1.34 bits per heavy atom. The summed E-state index contributed by atoms with van der Waals surface area (Å²) in [5.41, 5.74) is 0.614. The fraction of sp³-hybridized carbons (Fsp3) is 0.524. The second-order valence-electron chi connectivity index (χ2n) is 7.31. The summed E-state index contributed by atoms with van der Waals surface area (Å²) < 4.78 is 20.2. The zero-order valence-corrected chi connectivity index (χ0v) is 18.6. The van der Waals surface area contributed by atoms with E-state index in [9.17, 15) is 9.18 Å². The van der Waals surface area contributed by atoms with E-state index in [4.69, 9.17) is 17.0 Å². The van der Waals surface area contributed by atoms with Gasteiger partial charge in [0.1, 0.15) is 10.1 Å². The van der Waals surface area contributed by atoms with E-state index in [0.717, 1.165) is 39.3 Å². The van der Waals surface area contributed by atoms with Crippen LogP contribution in [0.2, 0.25) is 0 Å². The van der Waals surface area contributed by atoms with Gasteiger partial charge < -0.3 is 9.64 Å². The van der Waals surface area contributed by atoms with Crippen LogP contribution in [0.4, 0.5) is 4.39 Å². The summed E-state index contributed by atoms with van der Waals surface area (Å²) in [6.07, 6.45) is 2.70. The molecule has 1 aromatic carbocycles. The molecular formula is C21H28FN3O2S2. The molecule has 0 radical (unpaired) electrons. The normalized spacial score (nSPS) is 20.5. The third-order valence-corrected chi connectivity index (χ3v) is 6.61. The smallest absolute Gasteiger partial charge is 0.267 e. The van der Waals surface area contributed by atoms with Crippen LogP contribution in [0.1, 0.15) is 25.8 Å². The van der Waals surface area contributed by atoms with Crippen molar-refractivity contribution in [2.75, 3.05) is 39.4 Å². The fourth-order valence-corrected chi connectivity index (χ4v) is 4.80. The minimum atomic E-state index is -0.232. The molecule has 2 saturated heterocycles. The van der Waals surface area contributed by atoms with Crippen molar-refractivity contribution in [3.63, 3.8) is 0 Å². The molecule has 8 heteroatoms. The number of morpholine rings is 1. The van der Waals surface area contributed by atoms with Crippen LogP contribution in [-0.4, -0.2) is 70.4 Å². The summed E-state index contributed by atoms with van der Waals surface area (Å²) in [5, 5.41) is 0.